The maximum Gasteiger partial charge on any atom is 0.143 e. The molecule has 0 spiro atoms. The Morgan fingerprint density at radius 3 is 2.93 bits per heavy atom. The van der Waals surface area contributed by atoms with E-state index in [9.17, 15) is 0 Å². The van der Waals surface area contributed by atoms with Crippen molar-refractivity contribution in [2.45, 2.75) is 11.2 Å². The van der Waals surface area contributed by atoms with Crippen molar-refractivity contribution in [1.82, 2.24) is 4.98 Å². The summed E-state index contributed by atoms with van der Waals surface area (Å²) in [5, 5.41) is 0.662. The van der Waals surface area contributed by atoms with E-state index < -0.39 is 0 Å². The van der Waals surface area contributed by atoms with Crippen LogP contribution in [0.1, 0.15) is 6.42 Å². The zero-order chi connectivity index (χ0) is 10.1. The number of hydrogen-bond acceptors (Lipinski definition) is 2. The van der Waals surface area contributed by atoms with Crippen LogP contribution >= 0.6 is 43.5 Å². The number of aromatic nitrogens is 1. The van der Waals surface area contributed by atoms with Gasteiger partial charge in [0.1, 0.15) is 5.82 Å². The van der Waals surface area contributed by atoms with Crippen molar-refractivity contribution in [3.63, 3.8) is 0 Å². The SMILES string of the molecule is Clc1cnc(N2CCC(Br)C2)c(Br)c1. The maximum atomic E-state index is 5.83. The van der Waals surface area contributed by atoms with E-state index in [1.54, 1.807) is 6.20 Å². The standard InChI is InChI=1S/C9H9Br2ClN2/c10-6-1-2-14(5-6)9-8(11)3-7(12)4-13-9/h3-4,6H,1-2,5H2. The summed E-state index contributed by atoms with van der Waals surface area (Å²) >= 11 is 12.9. The van der Waals surface area contributed by atoms with Crippen molar-refractivity contribution in [3.05, 3.63) is 21.8 Å². The first-order chi connectivity index (χ1) is 6.66. The highest BCUT2D eigenvalue weighted by Gasteiger charge is 2.22. The van der Waals surface area contributed by atoms with Gasteiger partial charge in [-0.3, -0.25) is 0 Å². The van der Waals surface area contributed by atoms with Gasteiger partial charge in [-0.05, 0) is 28.4 Å². The molecule has 0 N–H and O–H groups in total. The van der Waals surface area contributed by atoms with Gasteiger partial charge in [0.25, 0.3) is 0 Å². The van der Waals surface area contributed by atoms with Gasteiger partial charge in [-0.25, -0.2) is 4.98 Å². The number of rotatable bonds is 1. The molecule has 1 unspecified atom stereocenters. The van der Waals surface area contributed by atoms with E-state index in [1.807, 2.05) is 6.07 Å². The monoisotopic (exact) mass is 338 g/mol. The van der Waals surface area contributed by atoms with E-state index in [1.165, 1.54) is 0 Å². The third-order valence-corrected chi connectivity index (χ3v) is 3.76. The van der Waals surface area contributed by atoms with Crippen molar-refractivity contribution < 1.29 is 0 Å². The Kier molecular flexibility index (Phi) is 3.34. The number of halogens is 3. The topological polar surface area (TPSA) is 16.1 Å². The molecule has 5 heteroatoms. The summed E-state index contributed by atoms with van der Waals surface area (Å²) < 4.78 is 0.964. The van der Waals surface area contributed by atoms with Gasteiger partial charge >= 0.3 is 0 Å². The highest BCUT2D eigenvalue weighted by molar-refractivity contribution is 9.10. The molecule has 2 nitrogen and oxygen atoms in total. The third-order valence-electron chi connectivity index (χ3n) is 2.22. The normalized spacial score (nSPS) is 21.6. The van der Waals surface area contributed by atoms with Crippen LogP contribution in [0.3, 0.4) is 0 Å². The number of anilines is 1. The Hall–Kier alpha value is 0.200. The molecule has 0 saturated carbocycles. The third kappa shape index (κ3) is 2.23. The fourth-order valence-corrected chi connectivity index (χ4v) is 2.99. The van der Waals surface area contributed by atoms with Gasteiger partial charge in [0.05, 0.1) is 9.50 Å². The van der Waals surface area contributed by atoms with Crippen LogP contribution in [-0.4, -0.2) is 22.9 Å². The molecule has 0 amide bonds. The fraction of sp³-hybridized carbons (Fsp3) is 0.444. The molecule has 1 atom stereocenters. The second-order valence-corrected chi connectivity index (χ2v) is 5.88. The second-order valence-electron chi connectivity index (χ2n) is 3.29. The Morgan fingerprint density at radius 1 is 1.57 bits per heavy atom. The summed E-state index contributed by atoms with van der Waals surface area (Å²) in [6.45, 7) is 2.05. The molecule has 1 aromatic rings. The average Bonchev–Trinajstić information content (AvgIpc) is 2.51. The lowest BCUT2D eigenvalue weighted by Gasteiger charge is -2.17. The highest BCUT2D eigenvalue weighted by Crippen LogP contribution is 2.30. The van der Waals surface area contributed by atoms with Crippen LogP contribution in [0.4, 0.5) is 5.82 Å². The first kappa shape index (κ1) is 10.7. The minimum atomic E-state index is 0.576. The van der Waals surface area contributed by atoms with Gasteiger partial charge in [-0.1, -0.05) is 27.5 Å². The Labute approximate surface area is 105 Å². The number of alkyl halides is 1. The molecule has 1 saturated heterocycles. The lowest BCUT2D eigenvalue weighted by molar-refractivity contribution is 0.933. The van der Waals surface area contributed by atoms with Gasteiger partial charge in [-0.15, -0.1) is 0 Å². The summed E-state index contributed by atoms with van der Waals surface area (Å²) in [5.41, 5.74) is 0. The summed E-state index contributed by atoms with van der Waals surface area (Å²) in [6, 6.07) is 1.88. The molecule has 0 bridgehead atoms. The first-order valence-electron chi connectivity index (χ1n) is 4.37. The quantitative estimate of drug-likeness (QED) is 0.728. The van der Waals surface area contributed by atoms with E-state index >= 15 is 0 Å². The summed E-state index contributed by atoms with van der Waals surface area (Å²) in [5.74, 6) is 0.983. The fourth-order valence-electron chi connectivity index (χ4n) is 1.55. The van der Waals surface area contributed by atoms with Gasteiger partial charge in [0.15, 0.2) is 0 Å². The average molecular weight is 340 g/mol. The minimum absolute atomic E-state index is 0.576. The lowest BCUT2D eigenvalue weighted by atomic mass is 10.4. The van der Waals surface area contributed by atoms with Gasteiger partial charge in [-0.2, -0.15) is 0 Å². The van der Waals surface area contributed by atoms with Crippen LogP contribution < -0.4 is 4.90 Å². The predicted molar refractivity (Wildman–Crippen MR) is 66.5 cm³/mol. The number of pyridine rings is 1. The molecular formula is C9H9Br2ClN2. The van der Waals surface area contributed by atoms with Crippen LogP contribution in [0.25, 0.3) is 0 Å². The zero-order valence-electron chi connectivity index (χ0n) is 7.38. The Bertz CT molecular complexity index is 346. The minimum Gasteiger partial charge on any atom is -0.355 e. The number of hydrogen-bond donors (Lipinski definition) is 0. The van der Waals surface area contributed by atoms with Crippen molar-refractivity contribution in [2.24, 2.45) is 0 Å². The largest absolute Gasteiger partial charge is 0.355 e. The first-order valence-corrected chi connectivity index (χ1v) is 6.45. The summed E-state index contributed by atoms with van der Waals surface area (Å²) in [4.78, 5) is 7.15. The van der Waals surface area contributed by atoms with Crippen LogP contribution in [-0.2, 0) is 0 Å². The van der Waals surface area contributed by atoms with Crippen LogP contribution in [0, 0.1) is 0 Å². The molecule has 1 aliphatic heterocycles. The molecule has 0 aromatic carbocycles. The second kappa shape index (κ2) is 4.37. The Balaban J connectivity index is 2.24. The summed E-state index contributed by atoms with van der Waals surface area (Å²) in [6.07, 6.45) is 2.85. The molecular weight excluding hydrogens is 331 g/mol. The lowest BCUT2D eigenvalue weighted by Crippen LogP contribution is -2.21. The number of nitrogens with zero attached hydrogens (tertiary/aromatic N) is 2. The van der Waals surface area contributed by atoms with E-state index in [4.69, 9.17) is 11.6 Å². The van der Waals surface area contributed by atoms with Crippen molar-refractivity contribution >= 4 is 49.3 Å². The van der Waals surface area contributed by atoms with Gasteiger partial charge in [0, 0.05) is 24.1 Å². The summed E-state index contributed by atoms with van der Waals surface area (Å²) in [7, 11) is 0. The van der Waals surface area contributed by atoms with Gasteiger partial charge in [0.2, 0.25) is 0 Å². The van der Waals surface area contributed by atoms with Crippen molar-refractivity contribution in [1.29, 1.82) is 0 Å². The molecule has 14 heavy (non-hydrogen) atoms. The maximum absolute atomic E-state index is 5.83. The molecule has 0 aliphatic carbocycles. The molecule has 1 aliphatic rings. The van der Waals surface area contributed by atoms with E-state index in [-0.39, 0.29) is 0 Å². The molecule has 1 aromatic heterocycles. The smallest absolute Gasteiger partial charge is 0.143 e. The van der Waals surface area contributed by atoms with E-state index in [0.717, 1.165) is 29.8 Å². The van der Waals surface area contributed by atoms with Crippen LogP contribution in [0.5, 0.6) is 0 Å². The molecule has 76 valence electrons. The van der Waals surface area contributed by atoms with Crippen molar-refractivity contribution in [3.8, 4) is 0 Å². The molecule has 1 fully saturated rings. The Morgan fingerprint density at radius 2 is 2.36 bits per heavy atom. The van der Waals surface area contributed by atoms with Crippen molar-refractivity contribution in [2.75, 3.05) is 18.0 Å². The molecule has 2 heterocycles. The molecule has 0 radical (unpaired) electrons. The van der Waals surface area contributed by atoms with Gasteiger partial charge < -0.3 is 4.90 Å². The zero-order valence-corrected chi connectivity index (χ0v) is 11.3. The van der Waals surface area contributed by atoms with E-state index in [0.29, 0.717) is 9.85 Å². The highest BCUT2D eigenvalue weighted by atomic mass is 79.9. The van der Waals surface area contributed by atoms with Crippen LogP contribution in [0.15, 0.2) is 16.7 Å². The van der Waals surface area contributed by atoms with E-state index in [2.05, 4.69) is 41.7 Å². The van der Waals surface area contributed by atoms with Crippen LogP contribution in [0.2, 0.25) is 5.02 Å². The molecule has 2 rings (SSSR count). The predicted octanol–water partition coefficient (Wildman–Crippen LogP) is 3.47.